The van der Waals surface area contributed by atoms with Crippen molar-refractivity contribution in [3.63, 3.8) is 0 Å². The number of benzene rings is 6. The number of carbonyl (C=O) groups is 7. The summed E-state index contributed by atoms with van der Waals surface area (Å²) in [7, 11) is 3.97. The Bertz CT molecular complexity index is 6680. The van der Waals surface area contributed by atoms with Gasteiger partial charge in [-0.2, -0.15) is 0 Å². The summed E-state index contributed by atoms with van der Waals surface area (Å²) < 4.78 is 28.0. The van der Waals surface area contributed by atoms with Crippen LogP contribution in [0.4, 0.5) is 68.4 Å². The second-order valence-electron chi connectivity index (χ2n) is 28.0. The first-order valence-corrected chi connectivity index (χ1v) is 49.1. The number of carboxylic acid groups (broad SMARTS) is 3. The number of halogens is 17. The fourth-order valence-corrected chi connectivity index (χ4v) is 16.5. The molecule has 0 radical (unpaired) electrons. The van der Waals surface area contributed by atoms with Crippen molar-refractivity contribution >= 4 is 345 Å². The molecule has 748 valence electrons. The Morgan fingerprint density at radius 1 is 0.415 bits per heavy atom. The molecule has 0 amide bonds. The molecular weight excluding hydrogens is 2480 g/mol. The summed E-state index contributed by atoms with van der Waals surface area (Å²) in [6, 6.07) is 32.2. The number of alkyl halides is 1. The summed E-state index contributed by atoms with van der Waals surface area (Å²) in [5, 5.41) is 54.4. The molecule has 1 saturated heterocycles. The number of nitrogens with zero attached hydrogens (tertiary/aromatic N) is 8. The molecule has 14 aromatic rings. The van der Waals surface area contributed by atoms with Gasteiger partial charge in [0.1, 0.15) is 61.1 Å². The van der Waals surface area contributed by atoms with Crippen molar-refractivity contribution in [2.75, 3.05) is 85.1 Å². The zero-order chi connectivity index (χ0) is 104. The van der Waals surface area contributed by atoms with E-state index in [4.69, 9.17) is 173 Å². The molecule has 0 bridgehead atoms. The molecule has 142 heavy (non-hydrogen) atoms. The van der Waals surface area contributed by atoms with E-state index >= 15 is 0 Å². The van der Waals surface area contributed by atoms with Gasteiger partial charge in [-0.1, -0.05) is 212 Å². The van der Waals surface area contributed by atoms with Crippen LogP contribution in [0.5, 0.6) is 0 Å². The van der Waals surface area contributed by atoms with Gasteiger partial charge in [-0.3, -0.25) is 0 Å². The molecule has 49 heteroatoms. The standard InChI is InChI=1S/C16H13BrClN3O2.C15H11BrClN3O2.C14H11BrCl2N2O2.C14H13BrClN3O2.C13H9BrCl2N2O2.C7H5Cl2NO2.C6H5BrClN.C4H8O.C2H3ClO.C2H6O.Na.H2O/c1-9-14(20-13-4-3-10(17)7-12(13)18)11(16(22)23-2)8-21-6-5-19-15(9)21;1-8-13(19-12-3-2-9(16)6-11(12)17)10(15(21)22)7-20-5-4-18-14(8)20;2*1-7-12(9(14(20)21-2)6-18-13(7)17)19-11-4-3-8(15)5-10(11)16;1-6-11(8(13(19)20)5-17-12(6)16)18-10-3-2-7(14)4-9(10)15;1-3-5(8)4(7(11)12)2-10-6(3)9;7-4-1-2-6(9)5(8)3-4;1-2-4-5-3-1;3-1-2-4;1-2-3;;/h3-8,20H,1-2H3;2-7,19H,1H3,(H,21,22);3-6H,1-2H3,(H,18,19);3-6H,1-2H3,(H3,17,18,19);2-5H,1H3,(H,17,18)(H,19,20);2H,1H3,(H,11,12);1-3H,9H2;1-4H2;2H,1H2;3H,2H2,1H3;;1H2/q;;;;;;;;;;+1;/p-1. The van der Waals surface area contributed by atoms with E-state index < -0.39 is 35.8 Å². The van der Waals surface area contributed by atoms with Gasteiger partial charge in [0.25, 0.3) is 0 Å². The third-order valence-electron chi connectivity index (χ3n) is 18.6. The van der Waals surface area contributed by atoms with Gasteiger partial charge in [0.15, 0.2) is 0 Å². The molecule has 8 aromatic heterocycles. The Labute approximate surface area is 943 Å². The maximum absolute atomic E-state index is 12.1. The van der Waals surface area contributed by atoms with Gasteiger partial charge in [-0.25, -0.2) is 58.7 Å². The van der Waals surface area contributed by atoms with Crippen LogP contribution >= 0.6 is 223 Å². The van der Waals surface area contributed by atoms with Crippen molar-refractivity contribution in [1.82, 2.24) is 38.7 Å². The van der Waals surface area contributed by atoms with Crippen molar-refractivity contribution in [3.05, 3.63) is 315 Å². The number of imidazole rings is 2. The summed E-state index contributed by atoms with van der Waals surface area (Å²) >= 11 is 84.6. The summed E-state index contributed by atoms with van der Waals surface area (Å²) in [5.74, 6) is -4.20. The number of pyridine rings is 6. The summed E-state index contributed by atoms with van der Waals surface area (Å²) in [4.78, 5) is 102. The fraction of sp³-hybridized carbons (Fsp3) is 0.172. The molecule has 0 spiro atoms. The molecule has 31 nitrogen and oxygen atoms in total. The first kappa shape index (κ1) is 126. The van der Waals surface area contributed by atoms with Crippen molar-refractivity contribution in [2.45, 2.75) is 61.3 Å². The molecule has 0 aliphatic carbocycles. The summed E-state index contributed by atoms with van der Waals surface area (Å²) in [5.41, 5.74) is 24.1. The number of rotatable bonds is 17. The second kappa shape index (κ2) is 62.4. The van der Waals surface area contributed by atoms with E-state index in [1.807, 2.05) is 50.2 Å². The Hall–Kier alpha value is -8.66. The predicted octanol–water partition coefficient (Wildman–Crippen LogP) is 26.0. The Balaban J connectivity index is 0.000000342. The molecular formula is C93H85Br6Cl11N15NaO16. The van der Waals surface area contributed by atoms with Crippen molar-refractivity contribution in [3.8, 4) is 0 Å². The number of aromatic carboxylic acids is 3. The number of esters is 3. The largest absolute Gasteiger partial charge is 1.00 e. The summed E-state index contributed by atoms with van der Waals surface area (Å²) in [6.45, 7) is 14.5. The smallest absolute Gasteiger partial charge is 0.870 e. The SMILES string of the molecule is C1CCOC1.CCO.COC(=O)c1cn2ccnc2c(C)c1Nc1ccc(Br)cc1Cl.COC(=O)c1cnc(Cl)c(C)c1Nc1ccc(Br)cc1Cl.COC(=O)c1cnc(N)c(C)c1Nc1ccc(Br)cc1Cl.Cc1c(Cl)ncc(C(=O)O)c1Cl.Cc1c(Cl)ncc(C(=O)O)c1Nc1ccc(Br)cc1Cl.Cc1c(Nc2ccc(Br)cc2Cl)c(C(=O)O)cn2ccnc12.Nc1ccc(Br)cc1Cl.O=CCCl.[Na+].[OH-]. The van der Waals surface area contributed by atoms with E-state index in [2.05, 4.69) is 152 Å². The van der Waals surface area contributed by atoms with E-state index in [0.29, 0.717) is 155 Å². The zero-order valence-corrected chi connectivity index (χ0v) is 96.2. The normalized spacial score (nSPS) is 10.5. The number of fused-ring (bicyclic) bond motifs is 2. The van der Waals surface area contributed by atoms with Crippen LogP contribution in [0, 0.1) is 41.5 Å². The minimum Gasteiger partial charge on any atom is -0.870 e. The van der Waals surface area contributed by atoms with Crippen LogP contribution in [0.25, 0.3) is 11.3 Å². The number of aliphatic hydroxyl groups excluding tert-OH is 1. The number of nitrogens with one attached hydrogen (secondary N) is 5. The number of aromatic nitrogens is 8. The Morgan fingerprint density at radius 3 is 0.993 bits per heavy atom. The van der Waals surface area contributed by atoms with E-state index in [1.165, 1.54) is 59.0 Å². The van der Waals surface area contributed by atoms with Gasteiger partial charge in [0, 0.05) is 142 Å². The molecule has 0 unspecified atom stereocenters. The predicted molar refractivity (Wildman–Crippen MR) is 582 cm³/mol. The van der Waals surface area contributed by atoms with E-state index in [9.17, 15) is 39.0 Å². The van der Waals surface area contributed by atoms with Gasteiger partial charge in [-0.15, -0.1) is 11.6 Å². The third-order valence-corrected chi connectivity index (χ3v) is 25.2. The molecule has 1 fully saturated rings. The monoisotopic (exact) mass is 2550 g/mol. The number of hydrogen-bond donors (Lipinski definition) is 11. The topological polar surface area (TPSA) is 466 Å². The van der Waals surface area contributed by atoms with E-state index in [0.717, 1.165) is 63.0 Å². The van der Waals surface area contributed by atoms with Crippen LogP contribution in [-0.4, -0.2) is 154 Å². The number of aryl methyl sites for hydroxylation is 2. The average molecular weight is 2560 g/mol. The van der Waals surface area contributed by atoms with Crippen LogP contribution in [0.2, 0.25) is 50.6 Å². The number of carbonyl (C=O) groups excluding carboxylic acids is 4. The van der Waals surface area contributed by atoms with Crippen LogP contribution in [0.15, 0.2) is 198 Å². The number of nitrogen functional groups attached to an aromatic ring is 2. The first-order valence-electron chi connectivity index (χ1n) is 40.0. The van der Waals surface area contributed by atoms with E-state index in [-0.39, 0.29) is 79.5 Å². The fourth-order valence-electron chi connectivity index (χ4n) is 11.5. The number of aliphatic hydroxyl groups is 1. The molecule has 1 aliphatic rings. The number of carboxylic acids is 3. The van der Waals surface area contributed by atoms with Crippen LogP contribution in [0.3, 0.4) is 0 Å². The zero-order valence-electron chi connectivity index (χ0n) is 76.4. The second-order valence-corrected chi connectivity index (χ2v) is 37.7. The average Bonchev–Trinajstić information content (AvgIpc) is 1.26. The van der Waals surface area contributed by atoms with Gasteiger partial charge >= 0.3 is 65.4 Å². The number of ether oxygens (including phenoxy) is 4. The minimum atomic E-state index is -1.10. The quantitative estimate of drug-likeness (QED) is 0.00767. The maximum atomic E-state index is 12.1. The molecule has 0 atom stereocenters. The Morgan fingerprint density at radius 2 is 0.690 bits per heavy atom. The van der Waals surface area contributed by atoms with Gasteiger partial charge in [0.2, 0.25) is 0 Å². The number of anilines is 12. The van der Waals surface area contributed by atoms with Crippen LogP contribution < -0.4 is 67.6 Å². The van der Waals surface area contributed by atoms with Crippen molar-refractivity contribution in [2.24, 2.45) is 0 Å². The van der Waals surface area contributed by atoms with Crippen molar-refractivity contribution < 1.29 is 108 Å². The summed E-state index contributed by atoms with van der Waals surface area (Å²) in [6.07, 6.45) is 18.3. The molecule has 15 rings (SSSR count). The number of hydrogen-bond acceptors (Lipinski definition) is 26. The first-order chi connectivity index (χ1) is 66.3. The Kier molecular flexibility index (Phi) is 55.2. The van der Waals surface area contributed by atoms with Gasteiger partial charge < -0.3 is 96.5 Å². The number of nitrogens with two attached hydrogens (primary N) is 2. The van der Waals surface area contributed by atoms with E-state index in [1.54, 1.807) is 147 Å². The third kappa shape index (κ3) is 37.1. The van der Waals surface area contributed by atoms with Gasteiger partial charge in [0.05, 0.1) is 136 Å². The van der Waals surface area contributed by atoms with Crippen LogP contribution in [0.1, 0.15) is 115 Å². The number of aldehydes is 1. The molecule has 9 heterocycles. The molecule has 14 N–H and O–H groups in total. The number of methoxy groups -OCH3 is 3. The minimum absolute atomic E-state index is 0. The maximum Gasteiger partial charge on any atom is 1.00 e. The molecule has 0 saturated carbocycles. The molecule has 1 aliphatic heterocycles. The molecule has 6 aromatic carbocycles. The van der Waals surface area contributed by atoms with Crippen molar-refractivity contribution in [1.29, 1.82) is 0 Å². The van der Waals surface area contributed by atoms with Crippen LogP contribution in [-0.2, 0) is 23.7 Å². The van der Waals surface area contributed by atoms with Gasteiger partial charge in [-0.05, 0) is 171 Å².